The zero-order chi connectivity index (χ0) is 35.3. The summed E-state index contributed by atoms with van der Waals surface area (Å²) in [6, 6.07) is 16.7. The summed E-state index contributed by atoms with van der Waals surface area (Å²) >= 11 is 0. The van der Waals surface area contributed by atoms with Gasteiger partial charge in [-0.1, -0.05) is 82.2 Å². The van der Waals surface area contributed by atoms with E-state index in [2.05, 4.69) is 80.0 Å². The van der Waals surface area contributed by atoms with Crippen molar-refractivity contribution in [3.05, 3.63) is 71.3 Å². The topological polar surface area (TPSA) is 56.3 Å². The van der Waals surface area contributed by atoms with Crippen molar-refractivity contribution < 1.29 is 14.3 Å². The lowest BCUT2D eigenvalue weighted by molar-refractivity contribution is -0.119. The minimum atomic E-state index is 0.275. The van der Waals surface area contributed by atoms with E-state index in [4.69, 9.17) is 4.74 Å². The molecule has 2 atom stereocenters. The summed E-state index contributed by atoms with van der Waals surface area (Å²) in [7, 11) is 0. The molecule has 4 aliphatic rings. The number of benzene rings is 2. The lowest BCUT2D eigenvalue weighted by Crippen LogP contribution is -2.44. The zero-order valence-electron chi connectivity index (χ0n) is 31.6. The van der Waals surface area contributed by atoms with E-state index in [1.165, 1.54) is 49.9 Å². The van der Waals surface area contributed by atoms with Gasteiger partial charge in [0.2, 0.25) is 11.8 Å². The van der Waals surface area contributed by atoms with Crippen molar-refractivity contribution in [3.63, 3.8) is 0 Å². The SMILES string of the molecule is CCCC=C1CCN(CC(C)CN2C(=O)CCc3ccccc32)CC1.CCCOC1CCN(CC(C)CN2C(=O)CCc3ccccc32)CC1. The van der Waals surface area contributed by atoms with E-state index in [1.807, 2.05) is 21.9 Å². The number of anilines is 2. The van der Waals surface area contributed by atoms with Gasteiger partial charge in [-0.25, -0.2) is 0 Å². The van der Waals surface area contributed by atoms with Crippen LogP contribution in [-0.2, 0) is 27.2 Å². The molecule has 7 heteroatoms. The monoisotopic (exact) mass is 684 g/mol. The molecule has 2 fully saturated rings. The Morgan fingerprint density at radius 3 is 1.66 bits per heavy atom. The second-order valence-electron chi connectivity index (χ2n) is 15.3. The first-order valence-corrected chi connectivity index (χ1v) is 19.8. The summed E-state index contributed by atoms with van der Waals surface area (Å²) < 4.78 is 5.88. The van der Waals surface area contributed by atoms with Crippen molar-refractivity contribution >= 4 is 23.2 Å². The smallest absolute Gasteiger partial charge is 0.227 e. The number of allylic oxidation sites excluding steroid dienone is 1. The Morgan fingerprint density at radius 1 is 0.660 bits per heavy atom. The van der Waals surface area contributed by atoms with Gasteiger partial charge in [0.1, 0.15) is 0 Å². The largest absolute Gasteiger partial charge is 0.378 e. The predicted molar refractivity (Wildman–Crippen MR) is 207 cm³/mol. The number of nitrogens with zero attached hydrogens (tertiary/aromatic N) is 4. The Bertz CT molecular complexity index is 1390. The van der Waals surface area contributed by atoms with Gasteiger partial charge in [-0.05, 0) is 86.5 Å². The van der Waals surface area contributed by atoms with Crippen LogP contribution in [0, 0.1) is 11.8 Å². The number of para-hydroxylation sites is 2. The minimum absolute atomic E-state index is 0.275. The second kappa shape index (κ2) is 19.6. The Kier molecular flexibility index (Phi) is 15.0. The van der Waals surface area contributed by atoms with Crippen molar-refractivity contribution in [1.29, 1.82) is 0 Å². The molecule has 274 valence electrons. The fourth-order valence-corrected chi connectivity index (χ4v) is 8.13. The zero-order valence-corrected chi connectivity index (χ0v) is 31.6. The van der Waals surface area contributed by atoms with Crippen molar-refractivity contribution in [2.24, 2.45) is 11.8 Å². The molecule has 0 aromatic heterocycles. The first kappa shape index (κ1) is 38.2. The third-order valence-electron chi connectivity index (χ3n) is 10.8. The maximum atomic E-state index is 12.4. The van der Waals surface area contributed by atoms with Crippen LogP contribution in [0.2, 0.25) is 0 Å². The van der Waals surface area contributed by atoms with E-state index < -0.39 is 0 Å². The number of amides is 2. The summed E-state index contributed by atoms with van der Waals surface area (Å²) in [5.74, 6) is 1.53. The number of fused-ring (bicyclic) bond motifs is 2. The molecule has 2 aromatic rings. The number of hydrogen-bond donors (Lipinski definition) is 0. The second-order valence-corrected chi connectivity index (χ2v) is 15.3. The van der Waals surface area contributed by atoms with Crippen LogP contribution in [0.4, 0.5) is 11.4 Å². The molecule has 2 unspecified atom stereocenters. The predicted octanol–water partition coefficient (Wildman–Crippen LogP) is 7.92. The van der Waals surface area contributed by atoms with Crippen LogP contribution in [0.15, 0.2) is 60.2 Å². The van der Waals surface area contributed by atoms with E-state index in [0.29, 0.717) is 30.8 Å². The van der Waals surface area contributed by atoms with E-state index in [1.54, 1.807) is 5.57 Å². The normalized spacial score (nSPS) is 20.1. The Labute approximate surface area is 303 Å². The summed E-state index contributed by atoms with van der Waals surface area (Å²) in [5, 5.41) is 0. The van der Waals surface area contributed by atoms with E-state index in [-0.39, 0.29) is 11.8 Å². The Hall–Kier alpha value is -3.00. The maximum Gasteiger partial charge on any atom is 0.227 e. The highest BCUT2D eigenvalue weighted by Crippen LogP contribution is 2.30. The van der Waals surface area contributed by atoms with Gasteiger partial charge in [-0.2, -0.15) is 0 Å². The summed E-state index contributed by atoms with van der Waals surface area (Å²) in [5.41, 5.74) is 6.53. The lowest BCUT2D eigenvalue weighted by atomic mass is 9.98. The fraction of sp³-hybridized carbons (Fsp3) is 0.628. The average Bonchev–Trinajstić information content (AvgIpc) is 3.14. The molecule has 0 saturated carbocycles. The molecule has 0 radical (unpaired) electrons. The molecular weight excluding hydrogens is 620 g/mol. The molecule has 2 saturated heterocycles. The first-order valence-electron chi connectivity index (χ1n) is 19.8. The van der Waals surface area contributed by atoms with Crippen molar-refractivity contribution in [2.75, 3.05) is 68.8 Å². The number of carbonyl (C=O) groups is 2. The number of rotatable bonds is 13. The molecule has 0 spiro atoms. The van der Waals surface area contributed by atoms with Crippen LogP contribution in [0.1, 0.15) is 96.6 Å². The molecular formula is C43H64N4O3. The van der Waals surface area contributed by atoms with Crippen LogP contribution < -0.4 is 9.80 Å². The minimum Gasteiger partial charge on any atom is -0.378 e. The highest BCUT2D eigenvalue weighted by molar-refractivity contribution is 5.97. The number of aryl methyl sites for hydroxylation is 2. The summed E-state index contributed by atoms with van der Waals surface area (Å²) in [6.07, 6.45) is 14.2. The van der Waals surface area contributed by atoms with Gasteiger partial charge in [-0.15, -0.1) is 0 Å². The Morgan fingerprint density at radius 2 is 1.16 bits per heavy atom. The van der Waals surface area contributed by atoms with Crippen LogP contribution in [0.3, 0.4) is 0 Å². The molecule has 7 nitrogen and oxygen atoms in total. The van der Waals surface area contributed by atoms with Gasteiger partial charge in [-0.3, -0.25) is 9.59 Å². The number of unbranched alkanes of at least 4 members (excludes halogenated alkanes) is 1. The standard InChI is InChI=1S/C22H32N2O.C21H32N2O2/c1-3-4-7-19-12-14-23(15-13-19)16-18(2)17-24-21-9-6-5-8-20(21)10-11-22(24)25;1-3-14-25-19-10-12-22(13-11-19)15-17(2)16-23-20-7-5-4-6-18(20)8-9-21(23)24/h5-9,18H,3-4,10-17H2,1-2H3;4-7,17,19H,3,8-16H2,1-2H3. The molecule has 2 aromatic carbocycles. The van der Waals surface area contributed by atoms with E-state index in [0.717, 1.165) is 89.4 Å². The number of piperidine rings is 2. The van der Waals surface area contributed by atoms with Gasteiger partial charge >= 0.3 is 0 Å². The van der Waals surface area contributed by atoms with E-state index >= 15 is 0 Å². The highest BCUT2D eigenvalue weighted by atomic mass is 16.5. The fourth-order valence-electron chi connectivity index (χ4n) is 8.13. The van der Waals surface area contributed by atoms with Crippen molar-refractivity contribution in [2.45, 2.75) is 104 Å². The maximum absolute atomic E-state index is 12.4. The highest BCUT2D eigenvalue weighted by Gasteiger charge is 2.28. The number of ether oxygens (including phenoxy) is 1. The molecule has 2 amide bonds. The van der Waals surface area contributed by atoms with Crippen LogP contribution >= 0.6 is 0 Å². The van der Waals surface area contributed by atoms with Crippen molar-refractivity contribution in [1.82, 2.24) is 9.80 Å². The molecule has 0 bridgehead atoms. The van der Waals surface area contributed by atoms with Crippen molar-refractivity contribution in [3.8, 4) is 0 Å². The first-order chi connectivity index (χ1) is 24.3. The lowest BCUT2D eigenvalue weighted by Gasteiger charge is -2.36. The molecule has 0 aliphatic carbocycles. The number of carbonyl (C=O) groups excluding carboxylic acids is 2. The summed E-state index contributed by atoms with van der Waals surface area (Å²) in [4.78, 5) is 34.0. The number of hydrogen-bond acceptors (Lipinski definition) is 5. The van der Waals surface area contributed by atoms with E-state index in [9.17, 15) is 9.59 Å². The molecule has 6 rings (SSSR count). The quantitative estimate of drug-likeness (QED) is 0.201. The van der Waals surface area contributed by atoms with Gasteiger partial charge in [0.25, 0.3) is 0 Å². The third kappa shape index (κ3) is 11.0. The van der Waals surface area contributed by atoms with Crippen LogP contribution in [0.5, 0.6) is 0 Å². The van der Waals surface area contributed by atoms with Gasteiger partial charge in [0.05, 0.1) is 6.10 Å². The third-order valence-corrected chi connectivity index (χ3v) is 10.8. The van der Waals surface area contributed by atoms with Gasteiger partial charge in [0.15, 0.2) is 0 Å². The Balaban J connectivity index is 0.000000194. The molecule has 0 N–H and O–H groups in total. The molecule has 4 aliphatic heterocycles. The number of likely N-dealkylation sites (tertiary alicyclic amines) is 2. The van der Waals surface area contributed by atoms with Gasteiger partial charge in [0, 0.05) is 83.2 Å². The van der Waals surface area contributed by atoms with Gasteiger partial charge < -0.3 is 24.3 Å². The van der Waals surface area contributed by atoms with Crippen LogP contribution in [-0.4, -0.2) is 86.7 Å². The molecule has 50 heavy (non-hydrogen) atoms. The van der Waals surface area contributed by atoms with Crippen LogP contribution in [0.25, 0.3) is 0 Å². The summed E-state index contributed by atoms with van der Waals surface area (Å²) in [6.45, 7) is 18.2. The average molecular weight is 685 g/mol. The molecule has 4 heterocycles.